The molecule has 2 aromatic rings. The molecular formula is C21H25N3O5. The smallest absolute Gasteiger partial charge is 0.319 e. The lowest BCUT2D eigenvalue weighted by Crippen LogP contribution is -2.39. The van der Waals surface area contributed by atoms with E-state index in [9.17, 15) is 9.59 Å². The molecule has 2 N–H and O–H groups in total. The van der Waals surface area contributed by atoms with Crippen molar-refractivity contribution in [2.24, 2.45) is 0 Å². The zero-order valence-electron chi connectivity index (χ0n) is 16.9. The highest BCUT2D eigenvalue weighted by atomic mass is 16.5. The van der Waals surface area contributed by atoms with Crippen LogP contribution in [0.4, 0.5) is 16.2 Å². The zero-order valence-corrected chi connectivity index (χ0v) is 16.9. The van der Waals surface area contributed by atoms with E-state index in [2.05, 4.69) is 10.6 Å². The molecule has 3 rings (SSSR count). The third-order valence-corrected chi connectivity index (χ3v) is 4.74. The molecule has 154 valence electrons. The van der Waals surface area contributed by atoms with Gasteiger partial charge in [0, 0.05) is 24.7 Å². The van der Waals surface area contributed by atoms with Gasteiger partial charge in [0.1, 0.15) is 5.75 Å². The van der Waals surface area contributed by atoms with Gasteiger partial charge in [-0.2, -0.15) is 0 Å². The first-order valence-corrected chi connectivity index (χ1v) is 9.19. The van der Waals surface area contributed by atoms with Crippen molar-refractivity contribution in [3.05, 3.63) is 42.0 Å². The molecule has 1 saturated heterocycles. The number of methoxy groups -OCH3 is 3. The minimum atomic E-state index is -0.388. The van der Waals surface area contributed by atoms with Crippen molar-refractivity contribution in [1.29, 1.82) is 0 Å². The number of ether oxygens (including phenoxy) is 3. The van der Waals surface area contributed by atoms with Crippen molar-refractivity contribution >= 4 is 23.3 Å². The summed E-state index contributed by atoms with van der Waals surface area (Å²) in [6.07, 6.45) is 0.215. The number of carbonyl (C=O) groups is 2. The second-order valence-electron chi connectivity index (χ2n) is 6.75. The van der Waals surface area contributed by atoms with E-state index in [1.165, 1.54) is 0 Å². The summed E-state index contributed by atoms with van der Waals surface area (Å²) >= 11 is 0. The predicted octanol–water partition coefficient (Wildman–Crippen LogP) is 2.95. The minimum absolute atomic E-state index is 0.0735. The maximum absolute atomic E-state index is 12.5. The van der Waals surface area contributed by atoms with Crippen LogP contribution in [-0.4, -0.2) is 45.9 Å². The number of hydrogen-bond donors (Lipinski definition) is 2. The van der Waals surface area contributed by atoms with Crippen LogP contribution in [0.1, 0.15) is 12.0 Å². The van der Waals surface area contributed by atoms with E-state index in [-0.39, 0.29) is 24.4 Å². The Morgan fingerprint density at radius 1 is 1.00 bits per heavy atom. The number of urea groups is 1. The first-order valence-electron chi connectivity index (χ1n) is 9.19. The van der Waals surface area contributed by atoms with Gasteiger partial charge in [-0.1, -0.05) is 6.07 Å². The summed E-state index contributed by atoms with van der Waals surface area (Å²) in [5, 5.41) is 5.65. The topological polar surface area (TPSA) is 89.1 Å². The Labute approximate surface area is 169 Å². The highest BCUT2D eigenvalue weighted by Crippen LogP contribution is 2.33. The third kappa shape index (κ3) is 4.53. The molecular weight excluding hydrogens is 374 g/mol. The molecule has 1 heterocycles. The molecule has 0 saturated carbocycles. The number of aryl methyl sites for hydroxylation is 1. The summed E-state index contributed by atoms with van der Waals surface area (Å²) in [7, 11) is 4.65. The highest BCUT2D eigenvalue weighted by molar-refractivity contribution is 5.98. The fourth-order valence-electron chi connectivity index (χ4n) is 3.31. The van der Waals surface area contributed by atoms with Crippen molar-refractivity contribution < 1.29 is 23.8 Å². The molecule has 8 heteroatoms. The van der Waals surface area contributed by atoms with Crippen LogP contribution >= 0.6 is 0 Å². The largest absolute Gasteiger partial charge is 0.495 e. The van der Waals surface area contributed by atoms with Gasteiger partial charge >= 0.3 is 6.03 Å². The Kier molecular flexibility index (Phi) is 6.11. The summed E-state index contributed by atoms with van der Waals surface area (Å²) in [6, 6.07) is 10.1. The fraction of sp³-hybridized carbons (Fsp3) is 0.333. The summed E-state index contributed by atoms with van der Waals surface area (Å²) in [5.41, 5.74) is 2.26. The summed E-state index contributed by atoms with van der Waals surface area (Å²) in [6.45, 7) is 2.30. The molecule has 1 fully saturated rings. The number of rotatable bonds is 6. The van der Waals surface area contributed by atoms with Crippen LogP contribution in [0.2, 0.25) is 0 Å². The van der Waals surface area contributed by atoms with Crippen LogP contribution in [0.15, 0.2) is 36.4 Å². The van der Waals surface area contributed by atoms with E-state index in [1.807, 2.05) is 19.1 Å². The number of hydrogen-bond acceptors (Lipinski definition) is 5. The van der Waals surface area contributed by atoms with Gasteiger partial charge in [0.15, 0.2) is 11.5 Å². The standard InChI is InChI=1S/C21H25N3O5/c1-13-5-7-17(27-2)16(9-13)23-21(26)22-14-10-20(25)24(12-14)15-6-8-18(28-3)19(11-15)29-4/h5-9,11,14H,10,12H2,1-4H3,(H2,22,23,26). The van der Waals surface area contributed by atoms with Gasteiger partial charge in [0.25, 0.3) is 0 Å². The number of nitrogens with zero attached hydrogens (tertiary/aromatic N) is 1. The minimum Gasteiger partial charge on any atom is -0.495 e. The normalized spacial score (nSPS) is 15.8. The number of amides is 3. The van der Waals surface area contributed by atoms with Gasteiger partial charge in [-0.25, -0.2) is 4.79 Å². The van der Waals surface area contributed by atoms with E-state index < -0.39 is 0 Å². The van der Waals surface area contributed by atoms with Crippen molar-refractivity contribution in [2.45, 2.75) is 19.4 Å². The van der Waals surface area contributed by atoms with E-state index in [1.54, 1.807) is 50.5 Å². The second-order valence-corrected chi connectivity index (χ2v) is 6.75. The molecule has 1 aliphatic heterocycles. The lowest BCUT2D eigenvalue weighted by Gasteiger charge is -2.19. The van der Waals surface area contributed by atoms with Crippen molar-refractivity contribution in [1.82, 2.24) is 5.32 Å². The lowest BCUT2D eigenvalue weighted by atomic mass is 10.2. The Balaban J connectivity index is 1.66. The SMILES string of the molecule is COc1ccc(C)cc1NC(=O)NC1CC(=O)N(c2ccc(OC)c(OC)c2)C1. The van der Waals surface area contributed by atoms with Gasteiger partial charge in [-0.05, 0) is 36.8 Å². The Bertz CT molecular complexity index is 915. The highest BCUT2D eigenvalue weighted by Gasteiger charge is 2.32. The first-order chi connectivity index (χ1) is 13.9. The quantitative estimate of drug-likeness (QED) is 0.780. The molecule has 0 aromatic heterocycles. The molecule has 8 nitrogen and oxygen atoms in total. The van der Waals surface area contributed by atoms with Crippen molar-refractivity contribution in [3.63, 3.8) is 0 Å². The van der Waals surface area contributed by atoms with Crippen LogP contribution in [0.3, 0.4) is 0 Å². The molecule has 0 radical (unpaired) electrons. The fourth-order valence-corrected chi connectivity index (χ4v) is 3.31. The Morgan fingerprint density at radius 3 is 2.38 bits per heavy atom. The monoisotopic (exact) mass is 399 g/mol. The van der Waals surface area contributed by atoms with E-state index in [4.69, 9.17) is 14.2 Å². The molecule has 1 unspecified atom stereocenters. The summed E-state index contributed by atoms with van der Waals surface area (Å²) in [5.74, 6) is 1.62. The van der Waals surface area contributed by atoms with Gasteiger partial charge < -0.3 is 29.7 Å². The lowest BCUT2D eigenvalue weighted by molar-refractivity contribution is -0.117. The third-order valence-electron chi connectivity index (χ3n) is 4.74. The Hall–Kier alpha value is -3.42. The molecule has 2 aromatic carbocycles. The van der Waals surface area contributed by atoms with Gasteiger partial charge in [-0.3, -0.25) is 4.79 Å². The van der Waals surface area contributed by atoms with E-state index in [0.29, 0.717) is 35.2 Å². The second kappa shape index (κ2) is 8.72. The average molecular weight is 399 g/mol. The molecule has 1 atom stereocenters. The van der Waals surface area contributed by atoms with Gasteiger partial charge in [0.2, 0.25) is 5.91 Å². The van der Waals surface area contributed by atoms with E-state index >= 15 is 0 Å². The molecule has 29 heavy (non-hydrogen) atoms. The maximum Gasteiger partial charge on any atom is 0.319 e. The molecule has 0 aliphatic carbocycles. The van der Waals surface area contributed by atoms with Crippen LogP contribution < -0.4 is 29.7 Å². The molecule has 3 amide bonds. The van der Waals surface area contributed by atoms with Crippen molar-refractivity contribution in [3.8, 4) is 17.2 Å². The number of carbonyl (C=O) groups excluding carboxylic acids is 2. The molecule has 0 bridgehead atoms. The van der Waals surface area contributed by atoms with E-state index in [0.717, 1.165) is 5.56 Å². The number of benzene rings is 2. The van der Waals surface area contributed by atoms with Crippen LogP contribution in [0.5, 0.6) is 17.2 Å². The first kappa shape index (κ1) is 20.3. The van der Waals surface area contributed by atoms with Gasteiger partial charge in [0.05, 0.1) is 33.1 Å². The average Bonchev–Trinajstić information content (AvgIpc) is 3.07. The molecule has 1 aliphatic rings. The molecule has 0 spiro atoms. The predicted molar refractivity (Wildman–Crippen MR) is 110 cm³/mol. The zero-order chi connectivity index (χ0) is 21.0. The maximum atomic E-state index is 12.5. The van der Waals surface area contributed by atoms with Crippen LogP contribution in [0, 0.1) is 6.92 Å². The van der Waals surface area contributed by atoms with Crippen LogP contribution in [-0.2, 0) is 4.79 Å². The van der Waals surface area contributed by atoms with Crippen LogP contribution in [0.25, 0.3) is 0 Å². The number of nitrogens with one attached hydrogen (secondary N) is 2. The van der Waals surface area contributed by atoms with Crippen molar-refractivity contribution in [2.75, 3.05) is 38.1 Å². The summed E-state index contributed by atoms with van der Waals surface area (Å²) < 4.78 is 15.8. The number of anilines is 2. The van der Waals surface area contributed by atoms with Gasteiger partial charge in [-0.15, -0.1) is 0 Å². The Morgan fingerprint density at radius 2 is 1.69 bits per heavy atom. The summed E-state index contributed by atoms with van der Waals surface area (Å²) in [4.78, 5) is 26.5.